The number of esters is 1. The highest BCUT2D eigenvalue weighted by atomic mass is 16.5. The summed E-state index contributed by atoms with van der Waals surface area (Å²) in [6.07, 6.45) is 3.00. The number of likely N-dealkylation sites (tertiary alicyclic amines) is 1. The van der Waals surface area contributed by atoms with Gasteiger partial charge in [-0.2, -0.15) is 0 Å². The molecule has 1 aromatic rings. The highest BCUT2D eigenvalue weighted by Crippen LogP contribution is 2.50. The highest BCUT2D eigenvalue weighted by Gasteiger charge is 2.56. The van der Waals surface area contributed by atoms with Crippen molar-refractivity contribution in [2.75, 3.05) is 7.05 Å². The fourth-order valence-electron chi connectivity index (χ4n) is 6.18. The van der Waals surface area contributed by atoms with Gasteiger partial charge in [-0.1, -0.05) is 59.7 Å². The normalized spacial score (nSPS) is 30.9. The average molecular weight is 402 g/mol. The molecule has 164 valence electrons. The number of rotatable bonds is 7. The van der Waals surface area contributed by atoms with Gasteiger partial charge in [-0.3, -0.25) is 4.90 Å². The van der Waals surface area contributed by atoms with Gasteiger partial charge in [-0.25, -0.2) is 4.79 Å². The van der Waals surface area contributed by atoms with Crippen LogP contribution in [-0.4, -0.2) is 35.1 Å². The third-order valence-corrected chi connectivity index (χ3v) is 6.99. The molecule has 3 heteroatoms. The molecule has 0 aromatic heterocycles. The summed E-state index contributed by atoms with van der Waals surface area (Å²) in [4.78, 5) is 15.6. The van der Waals surface area contributed by atoms with E-state index >= 15 is 0 Å². The molecule has 0 N–H and O–H groups in total. The first-order valence-corrected chi connectivity index (χ1v) is 11.4. The third-order valence-electron chi connectivity index (χ3n) is 6.99. The summed E-state index contributed by atoms with van der Waals surface area (Å²) in [6, 6.07) is 9.43. The second-order valence-corrected chi connectivity index (χ2v) is 10.9. The van der Waals surface area contributed by atoms with Gasteiger partial charge in [0.1, 0.15) is 6.10 Å². The van der Waals surface area contributed by atoms with E-state index in [2.05, 4.69) is 67.3 Å². The summed E-state index contributed by atoms with van der Waals surface area (Å²) in [5.74, 6) is 1.70. The molecule has 0 saturated carbocycles. The van der Waals surface area contributed by atoms with Crippen LogP contribution in [0.15, 0.2) is 30.3 Å². The van der Waals surface area contributed by atoms with Crippen molar-refractivity contribution in [3.63, 3.8) is 0 Å². The zero-order valence-corrected chi connectivity index (χ0v) is 20.2. The van der Waals surface area contributed by atoms with Gasteiger partial charge in [0, 0.05) is 23.4 Å². The van der Waals surface area contributed by atoms with Crippen LogP contribution in [0.5, 0.6) is 0 Å². The van der Waals surface area contributed by atoms with Gasteiger partial charge < -0.3 is 4.74 Å². The Balaban J connectivity index is 2.46. The molecule has 0 aliphatic carbocycles. The maximum atomic E-state index is 13.0. The van der Waals surface area contributed by atoms with Crippen LogP contribution in [0.1, 0.15) is 85.0 Å². The second-order valence-electron chi connectivity index (χ2n) is 10.9. The van der Waals surface area contributed by atoms with Crippen LogP contribution >= 0.6 is 0 Å². The van der Waals surface area contributed by atoms with Gasteiger partial charge >= 0.3 is 5.97 Å². The Hall–Kier alpha value is -1.35. The summed E-state index contributed by atoms with van der Waals surface area (Å²) in [5, 5.41) is 0. The molecule has 0 amide bonds. The van der Waals surface area contributed by atoms with E-state index in [0.717, 1.165) is 19.3 Å². The number of carbonyl (C=O) groups is 1. The number of piperidine rings is 1. The zero-order chi connectivity index (χ0) is 22.0. The molecule has 4 atom stereocenters. The lowest BCUT2D eigenvalue weighted by atomic mass is 9.62. The van der Waals surface area contributed by atoms with Crippen molar-refractivity contribution in [1.82, 2.24) is 4.90 Å². The average Bonchev–Trinajstić information content (AvgIpc) is 2.59. The molecule has 3 nitrogen and oxygen atoms in total. The quantitative estimate of drug-likeness (QED) is 0.493. The number of benzene rings is 1. The Bertz CT molecular complexity index is 669. The molecule has 1 fully saturated rings. The minimum Gasteiger partial charge on any atom is -0.458 e. The minimum atomic E-state index is -0.190. The minimum absolute atomic E-state index is 0.00479. The summed E-state index contributed by atoms with van der Waals surface area (Å²) >= 11 is 0. The van der Waals surface area contributed by atoms with Crippen LogP contribution in [0.25, 0.3) is 0 Å². The standard InChI is InChI=1S/C26H43NO2/c1-18(2)15-25(7)17-22(29-24(28)21-13-11-10-12-14-21)23(20(5)6)26(8,27(25)9)16-19(3)4/h10-14,18-20,22-23H,15-17H2,1-9H3. The van der Waals surface area contributed by atoms with Crippen LogP contribution < -0.4 is 0 Å². The number of hydrogen-bond donors (Lipinski definition) is 0. The molecule has 1 aliphatic rings. The smallest absolute Gasteiger partial charge is 0.338 e. The Morgan fingerprint density at radius 2 is 1.59 bits per heavy atom. The Kier molecular flexibility index (Phi) is 7.59. The van der Waals surface area contributed by atoms with Crippen molar-refractivity contribution in [3.05, 3.63) is 35.9 Å². The summed E-state index contributed by atoms with van der Waals surface area (Å²) < 4.78 is 6.29. The summed E-state index contributed by atoms with van der Waals surface area (Å²) in [6.45, 7) is 18.5. The Labute approximate surface area is 179 Å². The van der Waals surface area contributed by atoms with Gasteiger partial charge in [-0.05, 0) is 63.6 Å². The molecule has 0 bridgehead atoms. The van der Waals surface area contributed by atoms with Gasteiger partial charge in [0.05, 0.1) is 5.56 Å². The lowest BCUT2D eigenvalue weighted by molar-refractivity contribution is -0.153. The molecule has 0 spiro atoms. The number of ether oxygens (including phenoxy) is 1. The molecular weight excluding hydrogens is 358 g/mol. The van der Waals surface area contributed by atoms with Crippen molar-refractivity contribution >= 4 is 5.97 Å². The molecule has 1 heterocycles. The molecule has 1 aromatic carbocycles. The molecule has 4 unspecified atom stereocenters. The lowest BCUT2D eigenvalue weighted by Gasteiger charge is -2.62. The fraction of sp³-hybridized carbons (Fsp3) is 0.731. The van der Waals surface area contributed by atoms with Crippen LogP contribution in [-0.2, 0) is 4.74 Å². The van der Waals surface area contributed by atoms with E-state index in [1.165, 1.54) is 0 Å². The first kappa shape index (κ1) is 23.9. The van der Waals surface area contributed by atoms with E-state index in [1.807, 2.05) is 30.3 Å². The van der Waals surface area contributed by atoms with Crippen LogP contribution in [0.4, 0.5) is 0 Å². The topological polar surface area (TPSA) is 29.5 Å². The molecule has 2 rings (SSSR count). The maximum absolute atomic E-state index is 13.0. The molecule has 1 aliphatic heterocycles. The molecule has 1 saturated heterocycles. The largest absolute Gasteiger partial charge is 0.458 e. The fourth-order valence-corrected chi connectivity index (χ4v) is 6.18. The van der Waals surface area contributed by atoms with E-state index in [-0.39, 0.29) is 23.2 Å². The monoisotopic (exact) mass is 401 g/mol. The summed E-state index contributed by atoms with van der Waals surface area (Å²) in [7, 11) is 2.30. The number of carbonyl (C=O) groups excluding carboxylic acids is 1. The molecule has 29 heavy (non-hydrogen) atoms. The molecule has 0 radical (unpaired) electrons. The van der Waals surface area contributed by atoms with E-state index in [9.17, 15) is 4.79 Å². The van der Waals surface area contributed by atoms with E-state index in [4.69, 9.17) is 4.74 Å². The van der Waals surface area contributed by atoms with Crippen molar-refractivity contribution < 1.29 is 9.53 Å². The van der Waals surface area contributed by atoms with Gasteiger partial charge in [-0.15, -0.1) is 0 Å². The van der Waals surface area contributed by atoms with Gasteiger partial charge in [0.15, 0.2) is 0 Å². The van der Waals surface area contributed by atoms with Gasteiger partial charge in [0.2, 0.25) is 0 Å². The third kappa shape index (κ3) is 5.23. The SMILES string of the molecule is CC(C)CC1(C)CC(OC(=O)c2ccccc2)C(C(C)C)C(C)(CC(C)C)N1C. The van der Waals surface area contributed by atoms with Crippen molar-refractivity contribution in [1.29, 1.82) is 0 Å². The Morgan fingerprint density at radius 3 is 2.07 bits per heavy atom. The van der Waals surface area contributed by atoms with Crippen LogP contribution in [0.3, 0.4) is 0 Å². The maximum Gasteiger partial charge on any atom is 0.338 e. The van der Waals surface area contributed by atoms with Gasteiger partial charge in [0.25, 0.3) is 0 Å². The predicted molar refractivity (Wildman–Crippen MR) is 122 cm³/mol. The van der Waals surface area contributed by atoms with Crippen molar-refractivity contribution in [2.45, 2.75) is 91.8 Å². The second kappa shape index (κ2) is 9.20. The Morgan fingerprint density at radius 1 is 1.03 bits per heavy atom. The van der Waals surface area contributed by atoms with E-state index in [1.54, 1.807) is 0 Å². The predicted octanol–water partition coefficient (Wildman–Crippen LogP) is 6.43. The van der Waals surface area contributed by atoms with E-state index < -0.39 is 0 Å². The molecular formula is C26H43NO2. The lowest BCUT2D eigenvalue weighted by Crippen LogP contribution is -2.69. The first-order chi connectivity index (χ1) is 13.4. The number of nitrogens with zero attached hydrogens (tertiary/aromatic N) is 1. The van der Waals surface area contributed by atoms with Crippen molar-refractivity contribution in [2.24, 2.45) is 23.7 Å². The summed E-state index contributed by atoms with van der Waals surface area (Å²) in [5.41, 5.74) is 0.626. The first-order valence-electron chi connectivity index (χ1n) is 11.4. The highest BCUT2D eigenvalue weighted by molar-refractivity contribution is 5.89. The number of hydrogen-bond acceptors (Lipinski definition) is 3. The van der Waals surface area contributed by atoms with E-state index in [0.29, 0.717) is 29.2 Å². The van der Waals surface area contributed by atoms with Crippen LogP contribution in [0, 0.1) is 23.7 Å². The zero-order valence-electron chi connectivity index (χ0n) is 20.2. The van der Waals surface area contributed by atoms with Crippen LogP contribution in [0.2, 0.25) is 0 Å². The van der Waals surface area contributed by atoms with Crippen molar-refractivity contribution in [3.8, 4) is 0 Å².